The van der Waals surface area contributed by atoms with Gasteiger partial charge in [-0.15, -0.1) is 0 Å². The standard InChI is InChI=1S/C17H23N3O4S/c1-4-10-20(11-5-2)25(22,23)15-8-6-14(7-9-15)17(21)18-16-12-13(3)24-19-16/h6-9,12H,4-5,10-11H2,1-3H3,(H,18,19,21). The summed E-state index contributed by atoms with van der Waals surface area (Å²) >= 11 is 0. The molecule has 1 amide bonds. The van der Waals surface area contributed by atoms with Gasteiger partial charge in [0.15, 0.2) is 5.82 Å². The minimum atomic E-state index is -3.55. The van der Waals surface area contributed by atoms with Crippen molar-refractivity contribution in [2.75, 3.05) is 18.4 Å². The maximum atomic E-state index is 12.7. The van der Waals surface area contributed by atoms with Crippen LogP contribution in [0, 0.1) is 6.92 Å². The first kappa shape index (κ1) is 19.1. The Labute approximate surface area is 148 Å². The highest BCUT2D eigenvalue weighted by molar-refractivity contribution is 7.89. The zero-order valence-corrected chi connectivity index (χ0v) is 15.5. The van der Waals surface area contributed by atoms with E-state index < -0.39 is 10.0 Å². The van der Waals surface area contributed by atoms with Crippen molar-refractivity contribution in [1.29, 1.82) is 0 Å². The Hall–Kier alpha value is -2.19. The van der Waals surface area contributed by atoms with E-state index in [-0.39, 0.29) is 10.8 Å². The Morgan fingerprint density at radius 3 is 2.24 bits per heavy atom. The molecule has 1 heterocycles. The third-order valence-electron chi connectivity index (χ3n) is 3.57. The number of carbonyl (C=O) groups excluding carboxylic acids is 1. The lowest BCUT2D eigenvalue weighted by molar-refractivity contribution is 0.102. The lowest BCUT2D eigenvalue weighted by atomic mass is 10.2. The fourth-order valence-corrected chi connectivity index (χ4v) is 4.02. The fraction of sp³-hybridized carbons (Fsp3) is 0.412. The Kier molecular flexibility index (Phi) is 6.33. The number of carbonyl (C=O) groups is 1. The molecular weight excluding hydrogens is 342 g/mol. The zero-order valence-electron chi connectivity index (χ0n) is 14.7. The summed E-state index contributed by atoms with van der Waals surface area (Å²) < 4.78 is 31.7. The van der Waals surface area contributed by atoms with Gasteiger partial charge in [0.05, 0.1) is 4.90 Å². The van der Waals surface area contributed by atoms with Crippen molar-refractivity contribution >= 4 is 21.7 Å². The Morgan fingerprint density at radius 1 is 1.16 bits per heavy atom. The predicted molar refractivity (Wildman–Crippen MR) is 95.0 cm³/mol. The Morgan fingerprint density at radius 2 is 1.76 bits per heavy atom. The SMILES string of the molecule is CCCN(CCC)S(=O)(=O)c1ccc(C(=O)Nc2cc(C)on2)cc1. The van der Waals surface area contributed by atoms with Crippen molar-refractivity contribution in [3.63, 3.8) is 0 Å². The summed E-state index contributed by atoms with van der Waals surface area (Å²) in [4.78, 5) is 12.4. The van der Waals surface area contributed by atoms with Crippen molar-refractivity contribution in [1.82, 2.24) is 9.46 Å². The van der Waals surface area contributed by atoms with Crippen molar-refractivity contribution < 1.29 is 17.7 Å². The molecule has 7 nitrogen and oxygen atoms in total. The van der Waals surface area contributed by atoms with E-state index in [9.17, 15) is 13.2 Å². The van der Waals surface area contributed by atoms with Gasteiger partial charge in [-0.1, -0.05) is 19.0 Å². The molecule has 0 atom stereocenters. The number of hydrogen-bond acceptors (Lipinski definition) is 5. The molecule has 0 saturated carbocycles. The Bertz CT molecular complexity index is 807. The van der Waals surface area contributed by atoms with E-state index in [1.807, 2.05) is 13.8 Å². The molecular formula is C17H23N3O4S. The highest BCUT2D eigenvalue weighted by Gasteiger charge is 2.23. The summed E-state index contributed by atoms with van der Waals surface area (Å²) in [6, 6.07) is 7.49. The number of nitrogens with one attached hydrogen (secondary N) is 1. The molecule has 0 saturated heterocycles. The summed E-state index contributed by atoms with van der Waals surface area (Å²) in [5.74, 6) is 0.524. The average Bonchev–Trinajstić information content (AvgIpc) is 2.99. The molecule has 0 radical (unpaired) electrons. The second kappa shape index (κ2) is 8.26. The quantitative estimate of drug-likeness (QED) is 0.776. The largest absolute Gasteiger partial charge is 0.360 e. The lowest BCUT2D eigenvalue weighted by Gasteiger charge is -2.21. The van der Waals surface area contributed by atoms with Gasteiger partial charge in [0.2, 0.25) is 10.0 Å². The number of aryl methyl sites for hydroxylation is 1. The minimum absolute atomic E-state index is 0.184. The third-order valence-corrected chi connectivity index (χ3v) is 5.48. The second-order valence-electron chi connectivity index (χ2n) is 5.71. The number of aromatic nitrogens is 1. The van der Waals surface area contributed by atoms with Crippen LogP contribution in [-0.4, -0.2) is 36.9 Å². The van der Waals surface area contributed by atoms with Crippen LogP contribution in [0.25, 0.3) is 0 Å². The van der Waals surface area contributed by atoms with Gasteiger partial charge in [-0.3, -0.25) is 4.79 Å². The predicted octanol–water partition coefficient (Wildman–Crippen LogP) is 3.05. The third kappa shape index (κ3) is 4.67. The number of anilines is 1. The summed E-state index contributed by atoms with van der Waals surface area (Å²) in [5.41, 5.74) is 0.345. The smallest absolute Gasteiger partial charge is 0.256 e. The molecule has 1 aromatic carbocycles. The monoisotopic (exact) mass is 365 g/mol. The average molecular weight is 365 g/mol. The van der Waals surface area contributed by atoms with Crippen LogP contribution in [0.5, 0.6) is 0 Å². The molecule has 2 aromatic rings. The molecule has 0 fully saturated rings. The molecule has 1 N–H and O–H groups in total. The highest BCUT2D eigenvalue weighted by Crippen LogP contribution is 2.18. The molecule has 2 rings (SSSR count). The van der Waals surface area contributed by atoms with Crippen molar-refractivity contribution in [3.8, 4) is 0 Å². The second-order valence-corrected chi connectivity index (χ2v) is 7.64. The van der Waals surface area contributed by atoms with E-state index in [0.29, 0.717) is 30.2 Å². The van der Waals surface area contributed by atoms with Crippen LogP contribution >= 0.6 is 0 Å². The number of hydrogen-bond donors (Lipinski definition) is 1. The van der Waals surface area contributed by atoms with E-state index in [1.165, 1.54) is 28.6 Å². The number of benzene rings is 1. The normalized spacial score (nSPS) is 11.7. The molecule has 0 spiro atoms. The van der Waals surface area contributed by atoms with Crippen LogP contribution in [0.4, 0.5) is 5.82 Å². The van der Waals surface area contributed by atoms with E-state index in [4.69, 9.17) is 4.52 Å². The highest BCUT2D eigenvalue weighted by atomic mass is 32.2. The van der Waals surface area contributed by atoms with Gasteiger partial charge in [0, 0.05) is 24.7 Å². The number of sulfonamides is 1. The van der Waals surface area contributed by atoms with Crippen LogP contribution in [-0.2, 0) is 10.0 Å². The lowest BCUT2D eigenvalue weighted by Crippen LogP contribution is -2.32. The molecule has 0 aliphatic carbocycles. The van der Waals surface area contributed by atoms with Gasteiger partial charge in [0.1, 0.15) is 5.76 Å². The summed E-state index contributed by atoms with van der Waals surface area (Å²) in [5, 5.41) is 6.29. The van der Waals surface area contributed by atoms with Gasteiger partial charge in [-0.05, 0) is 44.0 Å². The molecule has 0 aliphatic rings. The zero-order chi connectivity index (χ0) is 18.4. The molecule has 8 heteroatoms. The molecule has 0 unspecified atom stereocenters. The maximum absolute atomic E-state index is 12.7. The van der Waals surface area contributed by atoms with Crippen LogP contribution in [0.15, 0.2) is 39.8 Å². The van der Waals surface area contributed by atoms with Crippen molar-refractivity contribution in [2.24, 2.45) is 0 Å². The van der Waals surface area contributed by atoms with Crippen molar-refractivity contribution in [2.45, 2.75) is 38.5 Å². The molecule has 0 aliphatic heterocycles. The fourth-order valence-electron chi connectivity index (χ4n) is 2.39. The number of nitrogens with zero attached hydrogens (tertiary/aromatic N) is 2. The molecule has 136 valence electrons. The van der Waals surface area contributed by atoms with Crippen LogP contribution in [0.1, 0.15) is 42.8 Å². The summed E-state index contributed by atoms with van der Waals surface area (Å²) in [7, 11) is -3.55. The number of amides is 1. The van der Waals surface area contributed by atoms with Gasteiger partial charge in [-0.2, -0.15) is 4.31 Å². The van der Waals surface area contributed by atoms with E-state index in [1.54, 1.807) is 13.0 Å². The summed E-state index contributed by atoms with van der Waals surface area (Å²) in [6.07, 6.45) is 1.49. The first-order chi connectivity index (χ1) is 11.9. The van der Waals surface area contributed by atoms with Crippen LogP contribution in [0.3, 0.4) is 0 Å². The first-order valence-corrected chi connectivity index (χ1v) is 9.67. The van der Waals surface area contributed by atoms with Gasteiger partial charge in [-0.25, -0.2) is 8.42 Å². The summed E-state index contributed by atoms with van der Waals surface area (Å²) in [6.45, 7) is 6.56. The van der Waals surface area contributed by atoms with Gasteiger partial charge in [0.25, 0.3) is 5.91 Å². The van der Waals surface area contributed by atoms with Gasteiger partial charge >= 0.3 is 0 Å². The van der Waals surface area contributed by atoms with E-state index in [2.05, 4.69) is 10.5 Å². The molecule has 0 bridgehead atoms. The maximum Gasteiger partial charge on any atom is 0.256 e. The topological polar surface area (TPSA) is 92.5 Å². The molecule has 25 heavy (non-hydrogen) atoms. The van der Waals surface area contributed by atoms with Crippen molar-refractivity contribution in [3.05, 3.63) is 41.7 Å². The van der Waals surface area contributed by atoms with E-state index in [0.717, 1.165) is 12.8 Å². The Balaban J connectivity index is 2.16. The van der Waals surface area contributed by atoms with Crippen LogP contribution < -0.4 is 5.32 Å². The van der Waals surface area contributed by atoms with Crippen LogP contribution in [0.2, 0.25) is 0 Å². The van der Waals surface area contributed by atoms with E-state index >= 15 is 0 Å². The molecule has 1 aromatic heterocycles. The minimum Gasteiger partial charge on any atom is -0.360 e. The van der Waals surface area contributed by atoms with Gasteiger partial charge < -0.3 is 9.84 Å². The first-order valence-electron chi connectivity index (χ1n) is 8.23. The number of rotatable bonds is 8.